The summed E-state index contributed by atoms with van der Waals surface area (Å²) >= 11 is 5.63. The van der Waals surface area contributed by atoms with Crippen LogP contribution in [-0.4, -0.2) is 52.7 Å². The van der Waals surface area contributed by atoms with Crippen molar-refractivity contribution in [3.8, 4) is 22.8 Å². The van der Waals surface area contributed by atoms with Gasteiger partial charge in [-0.3, -0.25) is 19.2 Å². The van der Waals surface area contributed by atoms with E-state index in [0.29, 0.717) is 36.2 Å². The molecule has 0 bridgehead atoms. The molecule has 8 nitrogen and oxygen atoms in total. The maximum absolute atomic E-state index is 14.3. The molecule has 5 rings (SSSR count). The van der Waals surface area contributed by atoms with E-state index in [1.54, 1.807) is 14.2 Å². The molecule has 2 aliphatic heterocycles. The lowest BCUT2D eigenvalue weighted by Crippen LogP contribution is -2.52. The molecule has 3 aromatic rings. The fourth-order valence-corrected chi connectivity index (χ4v) is 4.84. The summed E-state index contributed by atoms with van der Waals surface area (Å²) in [7, 11) is 3.27. The van der Waals surface area contributed by atoms with Gasteiger partial charge in [-0.25, -0.2) is 9.37 Å². The fourth-order valence-electron chi connectivity index (χ4n) is 4.72. The van der Waals surface area contributed by atoms with Crippen LogP contribution in [0.1, 0.15) is 17.2 Å². The Morgan fingerprint density at radius 3 is 2.79 bits per heavy atom. The van der Waals surface area contributed by atoms with Gasteiger partial charge in [0.05, 0.1) is 25.0 Å². The molecule has 2 aromatic heterocycles. The first-order valence-electron chi connectivity index (χ1n) is 10.7. The van der Waals surface area contributed by atoms with Crippen molar-refractivity contribution in [2.45, 2.75) is 12.5 Å². The largest absolute Gasteiger partial charge is 0.493 e. The summed E-state index contributed by atoms with van der Waals surface area (Å²) in [6.45, 7) is 3.05. The fraction of sp³-hybridized carbons (Fsp3) is 0.348. The normalized spacial score (nSPS) is 17.9. The Bertz CT molecular complexity index is 1270. The molecule has 4 heterocycles. The average molecular weight is 472 g/mol. The van der Waals surface area contributed by atoms with Gasteiger partial charge in [0.25, 0.3) is 5.56 Å². The van der Waals surface area contributed by atoms with Crippen LogP contribution in [0.15, 0.2) is 41.5 Å². The molecular formula is C23H23ClFN5O3. The number of aromatic nitrogens is 3. The molecule has 33 heavy (non-hydrogen) atoms. The number of benzene rings is 1. The van der Waals surface area contributed by atoms with E-state index in [-0.39, 0.29) is 17.2 Å². The van der Waals surface area contributed by atoms with Gasteiger partial charge >= 0.3 is 0 Å². The van der Waals surface area contributed by atoms with E-state index in [1.165, 1.54) is 22.9 Å². The van der Waals surface area contributed by atoms with Gasteiger partial charge in [0, 0.05) is 51.1 Å². The van der Waals surface area contributed by atoms with Gasteiger partial charge in [-0.1, -0.05) is 0 Å². The van der Waals surface area contributed by atoms with E-state index in [0.717, 1.165) is 36.8 Å². The Kier molecular flexibility index (Phi) is 5.67. The molecule has 0 N–H and O–H groups in total. The molecular weight excluding hydrogens is 449 g/mol. The molecule has 1 saturated heterocycles. The number of hydrogen-bond donors (Lipinski definition) is 0. The number of ether oxygens (including phenoxy) is 1. The molecule has 0 saturated carbocycles. The lowest BCUT2D eigenvalue weighted by molar-refractivity contribution is 0.165. The first-order chi connectivity index (χ1) is 16.0. The standard InChI is InChI=1S/C23H23ClFN5O3/c1-28-22(31)11-18(15-3-5-26-12-17(15)25)27-23(28)30-8-7-29-6-4-14-9-21(33-24)20(32-2)10-16(14)19(29)13-30/h3,5,9-12,19H,4,6-8,13H2,1-2H3. The van der Waals surface area contributed by atoms with E-state index < -0.39 is 5.82 Å². The summed E-state index contributed by atoms with van der Waals surface area (Å²) in [5, 5.41) is 0. The highest BCUT2D eigenvalue weighted by atomic mass is 35.5. The van der Waals surface area contributed by atoms with E-state index in [2.05, 4.69) is 19.8 Å². The molecule has 0 aliphatic carbocycles. The van der Waals surface area contributed by atoms with Crippen molar-refractivity contribution in [3.63, 3.8) is 0 Å². The molecule has 10 heteroatoms. The smallest absolute Gasteiger partial charge is 0.255 e. The topological polar surface area (TPSA) is 72.7 Å². The lowest BCUT2D eigenvalue weighted by atomic mass is 9.90. The zero-order chi connectivity index (χ0) is 23.1. The van der Waals surface area contributed by atoms with Crippen molar-refractivity contribution in [3.05, 3.63) is 64.0 Å². The minimum absolute atomic E-state index is 0.0824. The maximum Gasteiger partial charge on any atom is 0.255 e. The summed E-state index contributed by atoms with van der Waals surface area (Å²) in [6, 6.07) is 6.87. The van der Waals surface area contributed by atoms with Gasteiger partial charge in [0.2, 0.25) is 5.95 Å². The maximum atomic E-state index is 14.3. The van der Waals surface area contributed by atoms with Crippen molar-refractivity contribution in [1.29, 1.82) is 0 Å². The Labute approximate surface area is 195 Å². The zero-order valence-corrected chi connectivity index (χ0v) is 19.0. The van der Waals surface area contributed by atoms with Gasteiger partial charge in [0.15, 0.2) is 17.3 Å². The van der Waals surface area contributed by atoms with Gasteiger partial charge < -0.3 is 13.9 Å². The highest BCUT2D eigenvalue weighted by Crippen LogP contribution is 2.40. The summed E-state index contributed by atoms with van der Waals surface area (Å²) in [4.78, 5) is 25.7. The molecule has 1 unspecified atom stereocenters. The van der Waals surface area contributed by atoms with Gasteiger partial charge in [0.1, 0.15) is 11.9 Å². The van der Waals surface area contributed by atoms with E-state index >= 15 is 0 Å². The Morgan fingerprint density at radius 2 is 2.03 bits per heavy atom. The summed E-state index contributed by atoms with van der Waals surface area (Å²) in [6.07, 6.45) is 3.50. The number of pyridine rings is 1. The number of halogens is 2. The van der Waals surface area contributed by atoms with E-state index in [4.69, 9.17) is 20.9 Å². The van der Waals surface area contributed by atoms with Crippen molar-refractivity contribution in [1.82, 2.24) is 19.4 Å². The molecule has 1 fully saturated rings. The lowest BCUT2D eigenvalue weighted by Gasteiger charge is -2.45. The van der Waals surface area contributed by atoms with Crippen LogP contribution in [0.2, 0.25) is 0 Å². The molecule has 0 radical (unpaired) electrons. The molecule has 1 atom stereocenters. The van der Waals surface area contributed by atoms with Crippen LogP contribution in [0.3, 0.4) is 0 Å². The van der Waals surface area contributed by atoms with Gasteiger partial charge in [-0.2, -0.15) is 0 Å². The van der Waals surface area contributed by atoms with Crippen LogP contribution in [0.5, 0.6) is 11.5 Å². The third-order valence-corrected chi connectivity index (χ3v) is 6.64. The predicted molar refractivity (Wildman–Crippen MR) is 122 cm³/mol. The highest BCUT2D eigenvalue weighted by molar-refractivity contribution is 6.09. The third-order valence-electron chi connectivity index (χ3n) is 6.47. The van der Waals surface area contributed by atoms with Crippen LogP contribution < -0.4 is 19.5 Å². The first kappa shape index (κ1) is 21.7. The monoisotopic (exact) mass is 471 g/mol. The summed E-state index contributed by atoms with van der Waals surface area (Å²) in [5.74, 6) is 1.06. The van der Waals surface area contributed by atoms with Crippen molar-refractivity contribution in [2.75, 3.05) is 38.2 Å². The van der Waals surface area contributed by atoms with E-state index in [1.807, 2.05) is 12.1 Å². The molecule has 172 valence electrons. The average Bonchev–Trinajstić information content (AvgIpc) is 2.84. The second-order valence-corrected chi connectivity index (χ2v) is 8.38. The zero-order valence-electron chi connectivity index (χ0n) is 18.3. The number of rotatable bonds is 4. The van der Waals surface area contributed by atoms with Crippen LogP contribution >= 0.6 is 11.9 Å². The van der Waals surface area contributed by atoms with Crippen molar-refractivity contribution < 1.29 is 13.4 Å². The second-order valence-electron chi connectivity index (χ2n) is 8.22. The van der Waals surface area contributed by atoms with Crippen LogP contribution in [-0.2, 0) is 13.5 Å². The molecule has 2 aliphatic rings. The van der Waals surface area contributed by atoms with Gasteiger partial charge in [-0.15, -0.1) is 0 Å². The molecule has 1 aromatic carbocycles. The Hall–Kier alpha value is -3.17. The minimum atomic E-state index is -0.514. The number of fused-ring (bicyclic) bond motifs is 3. The first-order valence-corrected chi connectivity index (χ1v) is 11.0. The summed E-state index contributed by atoms with van der Waals surface area (Å²) in [5.41, 5.74) is 2.60. The Morgan fingerprint density at radius 1 is 1.18 bits per heavy atom. The van der Waals surface area contributed by atoms with Crippen molar-refractivity contribution in [2.24, 2.45) is 7.05 Å². The van der Waals surface area contributed by atoms with Crippen LogP contribution in [0, 0.1) is 5.82 Å². The number of piperazine rings is 1. The van der Waals surface area contributed by atoms with Crippen LogP contribution in [0.4, 0.5) is 10.3 Å². The number of nitrogens with zero attached hydrogens (tertiary/aromatic N) is 5. The third kappa shape index (κ3) is 3.81. The highest BCUT2D eigenvalue weighted by Gasteiger charge is 2.35. The Balaban J connectivity index is 1.53. The SMILES string of the molecule is COc1cc2c(cc1OCl)CCN1CCN(c3nc(-c4ccncc4F)cc(=O)n3C)CC21. The van der Waals surface area contributed by atoms with Crippen LogP contribution in [0.25, 0.3) is 11.3 Å². The second kappa shape index (κ2) is 8.64. The molecule has 0 spiro atoms. The van der Waals surface area contributed by atoms with Crippen molar-refractivity contribution >= 4 is 17.8 Å². The summed E-state index contributed by atoms with van der Waals surface area (Å²) < 4.78 is 26.3. The quantitative estimate of drug-likeness (QED) is 0.579. The molecule has 0 amide bonds. The van der Waals surface area contributed by atoms with E-state index in [9.17, 15) is 9.18 Å². The number of methoxy groups -OCH3 is 1. The number of anilines is 1. The van der Waals surface area contributed by atoms with Gasteiger partial charge in [-0.05, 0) is 35.7 Å². The predicted octanol–water partition coefficient (Wildman–Crippen LogP) is 2.94. The number of hydrogen-bond acceptors (Lipinski definition) is 7. The minimum Gasteiger partial charge on any atom is -0.493 e.